The lowest BCUT2D eigenvalue weighted by Crippen LogP contribution is -2.47. The molecule has 4 heteroatoms. The van der Waals surface area contributed by atoms with Crippen molar-refractivity contribution < 1.29 is 4.79 Å². The molecule has 108 valence electrons. The quantitative estimate of drug-likeness (QED) is 0.899. The highest BCUT2D eigenvalue weighted by molar-refractivity contribution is 6.31. The Morgan fingerprint density at radius 2 is 2.25 bits per heavy atom. The van der Waals surface area contributed by atoms with E-state index in [0.29, 0.717) is 12.5 Å². The third-order valence-electron chi connectivity index (χ3n) is 4.89. The van der Waals surface area contributed by atoms with E-state index >= 15 is 0 Å². The van der Waals surface area contributed by atoms with Crippen LogP contribution in [0, 0.1) is 11.3 Å². The fourth-order valence-corrected chi connectivity index (χ4v) is 3.89. The van der Waals surface area contributed by atoms with Gasteiger partial charge in [-0.2, -0.15) is 0 Å². The number of carbonyl (C=O) groups excluding carboxylic acids is 1. The topological polar surface area (TPSA) is 41.1 Å². The summed E-state index contributed by atoms with van der Waals surface area (Å²) in [5.74, 6) is 0.703. The smallest absolute Gasteiger partial charge is 0.228 e. The van der Waals surface area contributed by atoms with Crippen molar-refractivity contribution in [3.8, 4) is 0 Å². The van der Waals surface area contributed by atoms with E-state index in [2.05, 4.69) is 10.6 Å². The van der Waals surface area contributed by atoms with Crippen LogP contribution in [-0.4, -0.2) is 19.0 Å². The molecule has 0 unspecified atom stereocenters. The Morgan fingerprint density at radius 1 is 1.40 bits per heavy atom. The van der Waals surface area contributed by atoms with E-state index in [1.54, 1.807) is 0 Å². The van der Waals surface area contributed by atoms with Crippen LogP contribution >= 0.6 is 11.6 Å². The molecule has 2 N–H and O–H groups in total. The molecule has 3 rings (SSSR count). The van der Waals surface area contributed by atoms with Gasteiger partial charge in [0.15, 0.2) is 0 Å². The molecule has 1 saturated carbocycles. The average molecular weight is 293 g/mol. The predicted octanol–water partition coefficient (Wildman–Crippen LogP) is 2.74. The van der Waals surface area contributed by atoms with Gasteiger partial charge in [-0.05, 0) is 36.9 Å². The van der Waals surface area contributed by atoms with E-state index in [0.717, 1.165) is 36.5 Å². The summed E-state index contributed by atoms with van der Waals surface area (Å²) in [5.41, 5.74) is 0.803. The summed E-state index contributed by atoms with van der Waals surface area (Å²) in [6.07, 6.45) is 4.61. The molecule has 0 radical (unpaired) electrons. The summed E-state index contributed by atoms with van der Waals surface area (Å²) in [6.45, 7) is 2.33. The molecular formula is C16H21ClN2O. The van der Waals surface area contributed by atoms with Crippen LogP contribution in [0.4, 0.5) is 0 Å². The molecule has 1 aliphatic heterocycles. The Bertz CT molecular complexity index is 505. The summed E-state index contributed by atoms with van der Waals surface area (Å²) >= 11 is 6.14. The molecule has 2 fully saturated rings. The lowest BCUT2D eigenvalue weighted by Gasteiger charge is -2.37. The van der Waals surface area contributed by atoms with Gasteiger partial charge >= 0.3 is 0 Å². The van der Waals surface area contributed by atoms with Crippen LogP contribution in [0.3, 0.4) is 0 Å². The van der Waals surface area contributed by atoms with Crippen molar-refractivity contribution >= 4 is 17.5 Å². The van der Waals surface area contributed by atoms with Crippen molar-refractivity contribution in [1.29, 1.82) is 0 Å². The molecule has 1 amide bonds. The first-order valence-corrected chi connectivity index (χ1v) is 7.82. The highest BCUT2D eigenvalue weighted by atomic mass is 35.5. The normalized spacial score (nSPS) is 28.9. The van der Waals surface area contributed by atoms with Crippen LogP contribution in [0.15, 0.2) is 24.3 Å². The van der Waals surface area contributed by atoms with E-state index in [-0.39, 0.29) is 11.3 Å². The summed E-state index contributed by atoms with van der Waals surface area (Å²) in [7, 11) is 0. The molecule has 20 heavy (non-hydrogen) atoms. The van der Waals surface area contributed by atoms with Crippen molar-refractivity contribution in [2.45, 2.75) is 32.2 Å². The van der Waals surface area contributed by atoms with Crippen molar-refractivity contribution in [2.24, 2.45) is 11.3 Å². The first-order valence-electron chi connectivity index (χ1n) is 7.45. The van der Waals surface area contributed by atoms with Gasteiger partial charge in [0.05, 0.1) is 5.41 Å². The maximum atomic E-state index is 12.7. The van der Waals surface area contributed by atoms with Gasteiger partial charge in [-0.3, -0.25) is 4.79 Å². The molecule has 1 aliphatic carbocycles. The van der Waals surface area contributed by atoms with Gasteiger partial charge in [-0.1, -0.05) is 42.6 Å². The average Bonchev–Trinajstić information content (AvgIpc) is 2.91. The van der Waals surface area contributed by atoms with Crippen molar-refractivity contribution in [3.05, 3.63) is 34.9 Å². The van der Waals surface area contributed by atoms with Gasteiger partial charge in [-0.25, -0.2) is 0 Å². The number of halogens is 1. The number of nitrogens with one attached hydrogen (secondary N) is 2. The first-order chi connectivity index (χ1) is 9.72. The van der Waals surface area contributed by atoms with Crippen molar-refractivity contribution in [3.63, 3.8) is 0 Å². The van der Waals surface area contributed by atoms with Crippen LogP contribution in [-0.2, 0) is 11.3 Å². The van der Waals surface area contributed by atoms with Crippen LogP contribution in [0.2, 0.25) is 5.02 Å². The molecule has 1 heterocycles. The minimum absolute atomic E-state index is 0.181. The van der Waals surface area contributed by atoms with Crippen molar-refractivity contribution in [1.82, 2.24) is 10.6 Å². The summed E-state index contributed by atoms with van der Waals surface area (Å²) in [6, 6.07) is 7.68. The Labute approximate surface area is 125 Å². The molecule has 1 aromatic rings. The zero-order valence-electron chi connectivity index (χ0n) is 11.6. The van der Waals surface area contributed by atoms with E-state index in [1.807, 2.05) is 24.3 Å². The molecular weight excluding hydrogens is 272 g/mol. The SMILES string of the molecule is O=C(NCc1ccccc1Cl)[C@@]12CCCC[C@H]1CNC2. The van der Waals surface area contributed by atoms with Crippen molar-refractivity contribution in [2.75, 3.05) is 13.1 Å². The lowest BCUT2D eigenvalue weighted by atomic mass is 9.67. The molecule has 2 atom stereocenters. The second-order valence-corrected chi connectivity index (χ2v) is 6.41. The van der Waals surface area contributed by atoms with E-state index in [4.69, 9.17) is 11.6 Å². The van der Waals surface area contributed by atoms with E-state index in [9.17, 15) is 4.79 Å². The number of rotatable bonds is 3. The Kier molecular flexibility index (Phi) is 3.99. The van der Waals surface area contributed by atoms with Gasteiger partial charge in [0, 0.05) is 18.1 Å². The van der Waals surface area contributed by atoms with Gasteiger partial charge < -0.3 is 10.6 Å². The second-order valence-electron chi connectivity index (χ2n) is 6.00. The lowest BCUT2D eigenvalue weighted by molar-refractivity contribution is -0.134. The number of fused-ring (bicyclic) bond motifs is 1. The number of amides is 1. The standard InChI is InChI=1S/C16H21ClN2O/c17-14-7-2-1-5-12(14)9-19-15(20)16-8-4-3-6-13(16)10-18-11-16/h1-2,5,7,13,18H,3-4,6,8-11H2,(H,19,20)/t13-,16+/m0/s1. The first kappa shape index (κ1) is 13.9. The van der Waals surface area contributed by atoms with Gasteiger partial charge in [0.2, 0.25) is 5.91 Å². The largest absolute Gasteiger partial charge is 0.351 e. The van der Waals surface area contributed by atoms with Crippen LogP contribution in [0.25, 0.3) is 0 Å². The molecule has 2 aliphatic rings. The Hall–Kier alpha value is -1.06. The minimum Gasteiger partial charge on any atom is -0.351 e. The molecule has 1 aromatic carbocycles. The number of benzene rings is 1. The minimum atomic E-state index is -0.181. The number of carbonyl (C=O) groups is 1. The van der Waals surface area contributed by atoms with E-state index < -0.39 is 0 Å². The summed E-state index contributed by atoms with van der Waals surface area (Å²) in [4.78, 5) is 12.7. The highest BCUT2D eigenvalue weighted by Crippen LogP contribution is 2.43. The third kappa shape index (κ3) is 2.45. The van der Waals surface area contributed by atoms with Gasteiger partial charge in [-0.15, -0.1) is 0 Å². The maximum absolute atomic E-state index is 12.7. The van der Waals surface area contributed by atoms with Crippen LogP contribution < -0.4 is 10.6 Å². The fraction of sp³-hybridized carbons (Fsp3) is 0.562. The van der Waals surface area contributed by atoms with E-state index in [1.165, 1.54) is 12.8 Å². The predicted molar refractivity (Wildman–Crippen MR) is 80.6 cm³/mol. The monoisotopic (exact) mass is 292 g/mol. The molecule has 1 saturated heterocycles. The molecule has 3 nitrogen and oxygen atoms in total. The Balaban J connectivity index is 1.68. The zero-order valence-corrected chi connectivity index (χ0v) is 12.4. The second kappa shape index (κ2) is 5.74. The van der Waals surface area contributed by atoms with Crippen LogP contribution in [0.1, 0.15) is 31.2 Å². The summed E-state index contributed by atoms with van der Waals surface area (Å²) in [5, 5.41) is 7.23. The fourth-order valence-electron chi connectivity index (χ4n) is 3.68. The number of hydrogen-bond acceptors (Lipinski definition) is 2. The Morgan fingerprint density at radius 3 is 3.10 bits per heavy atom. The molecule has 0 spiro atoms. The molecule has 0 aromatic heterocycles. The molecule has 0 bridgehead atoms. The zero-order chi connectivity index (χ0) is 14.0. The maximum Gasteiger partial charge on any atom is 0.228 e. The van der Waals surface area contributed by atoms with Crippen LogP contribution in [0.5, 0.6) is 0 Å². The summed E-state index contributed by atoms with van der Waals surface area (Å²) < 4.78 is 0. The van der Waals surface area contributed by atoms with Gasteiger partial charge in [0.1, 0.15) is 0 Å². The van der Waals surface area contributed by atoms with Gasteiger partial charge in [0.25, 0.3) is 0 Å². The number of hydrogen-bond donors (Lipinski definition) is 2. The third-order valence-corrected chi connectivity index (χ3v) is 5.26. The highest BCUT2D eigenvalue weighted by Gasteiger charge is 2.49.